The Morgan fingerprint density at radius 3 is 2.65 bits per heavy atom. The molecule has 1 aromatic heterocycles. The number of aromatic nitrogens is 2. The van der Waals surface area contributed by atoms with Crippen molar-refractivity contribution < 1.29 is 9.90 Å². The summed E-state index contributed by atoms with van der Waals surface area (Å²) in [5.74, 6) is -0.444. The van der Waals surface area contributed by atoms with Crippen LogP contribution in [0.2, 0.25) is 5.15 Å². The van der Waals surface area contributed by atoms with E-state index >= 15 is 0 Å². The van der Waals surface area contributed by atoms with Gasteiger partial charge in [-0.15, -0.1) is 0 Å². The van der Waals surface area contributed by atoms with Gasteiger partial charge in [0, 0.05) is 0 Å². The SMILES string of the molecule is CC(CO)(NC(=O)c1cncc(Cl)n1)c1ccccc1. The highest BCUT2D eigenvalue weighted by Crippen LogP contribution is 2.20. The Morgan fingerprint density at radius 2 is 2.05 bits per heavy atom. The summed E-state index contributed by atoms with van der Waals surface area (Å²) in [7, 11) is 0. The molecule has 2 N–H and O–H groups in total. The fourth-order valence-corrected chi connectivity index (χ4v) is 1.92. The molecule has 1 atom stereocenters. The van der Waals surface area contributed by atoms with Crippen LogP contribution >= 0.6 is 11.6 Å². The fraction of sp³-hybridized carbons (Fsp3) is 0.214. The summed E-state index contributed by atoms with van der Waals surface area (Å²) in [5.41, 5.74) is 0.00134. The first-order valence-electron chi connectivity index (χ1n) is 6.01. The van der Waals surface area contributed by atoms with E-state index in [-0.39, 0.29) is 17.5 Å². The molecule has 0 aliphatic heterocycles. The van der Waals surface area contributed by atoms with Crippen molar-refractivity contribution in [3.05, 3.63) is 59.1 Å². The van der Waals surface area contributed by atoms with Gasteiger partial charge in [-0.25, -0.2) is 4.98 Å². The van der Waals surface area contributed by atoms with Crippen LogP contribution in [0.4, 0.5) is 0 Å². The fourth-order valence-electron chi connectivity index (χ4n) is 1.78. The standard InChI is InChI=1S/C14H14ClN3O2/c1-14(9-19,10-5-3-2-4-6-10)18-13(20)11-7-16-8-12(15)17-11/h2-8,19H,9H2,1H3,(H,18,20). The molecule has 1 aromatic carbocycles. The zero-order chi connectivity index (χ0) is 14.6. The Morgan fingerprint density at radius 1 is 1.35 bits per heavy atom. The third kappa shape index (κ3) is 3.12. The van der Waals surface area contributed by atoms with Gasteiger partial charge in [-0.1, -0.05) is 41.9 Å². The van der Waals surface area contributed by atoms with Gasteiger partial charge in [0.15, 0.2) is 0 Å². The maximum atomic E-state index is 12.2. The van der Waals surface area contributed by atoms with Gasteiger partial charge in [-0.3, -0.25) is 9.78 Å². The van der Waals surface area contributed by atoms with E-state index in [0.29, 0.717) is 0 Å². The van der Waals surface area contributed by atoms with Gasteiger partial charge >= 0.3 is 0 Å². The molecule has 6 heteroatoms. The zero-order valence-electron chi connectivity index (χ0n) is 10.9. The molecular formula is C14H14ClN3O2. The number of carbonyl (C=O) groups excluding carboxylic acids is 1. The molecule has 1 amide bonds. The van der Waals surface area contributed by atoms with Crippen LogP contribution < -0.4 is 5.32 Å². The molecular weight excluding hydrogens is 278 g/mol. The van der Waals surface area contributed by atoms with E-state index in [9.17, 15) is 9.90 Å². The number of nitrogens with zero attached hydrogens (tertiary/aromatic N) is 2. The van der Waals surface area contributed by atoms with E-state index < -0.39 is 11.4 Å². The highest BCUT2D eigenvalue weighted by molar-refractivity contribution is 6.29. The maximum Gasteiger partial charge on any atom is 0.272 e. The number of hydrogen-bond donors (Lipinski definition) is 2. The van der Waals surface area contributed by atoms with Crippen LogP contribution in [0.1, 0.15) is 23.0 Å². The lowest BCUT2D eigenvalue weighted by molar-refractivity contribution is 0.0844. The minimum atomic E-state index is -0.900. The van der Waals surface area contributed by atoms with Gasteiger partial charge in [0.05, 0.1) is 24.5 Å². The molecule has 0 saturated heterocycles. The van der Waals surface area contributed by atoms with Gasteiger partial charge in [-0.2, -0.15) is 0 Å². The second-order valence-electron chi connectivity index (χ2n) is 4.54. The third-order valence-corrected chi connectivity index (χ3v) is 3.14. The van der Waals surface area contributed by atoms with E-state index in [0.717, 1.165) is 5.56 Å². The van der Waals surface area contributed by atoms with Crippen molar-refractivity contribution in [1.82, 2.24) is 15.3 Å². The zero-order valence-corrected chi connectivity index (χ0v) is 11.6. The van der Waals surface area contributed by atoms with Crippen LogP contribution in [0.5, 0.6) is 0 Å². The van der Waals surface area contributed by atoms with Crippen molar-refractivity contribution in [3.8, 4) is 0 Å². The molecule has 0 spiro atoms. The van der Waals surface area contributed by atoms with Crippen LogP contribution in [0.15, 0.2) is 42.7 Å². The summed E-state index contributed by atoms with van der Waals surface area (Å²) >= 11 is 5.71. The second kappa shape index (κ2) is 5.98. The molecule has 2 rings (SSSR count). The number of benzene rings is 1. The minimum absolute atomic E-state index is 0.105. The predicted octanol–water partition coefficient (Wildman–Crippen LogP) is 1.77. The predicted molar refractivity (Wildman–Crippen MR) is 75.4 cm³/mol. The van der Waals surface area contributed by atoms with Crippen molar-refractivity contribution in [2.24, 2.45) is 0 Å². The van der Waals surface area contributed by atoms with E-state index in [2.05, 4.69) is 15.3 Å². The highest BCUT2D eigenvalue weighted by Gasteiger charge is 2.28. The Bertz CT molecular complexity index is 606. The van der Waals surface area contributed by atoms with Crippen LogP contribution in [0.3, 0.4) is 0 Å². The average molecular weight is 292 g/mol. The number of hydrogen-bond acceptors (Lipinski definition) is 4. The van der Waals surface area contributed by atoms with Gasteiger partial charge in [0.25, 0.3) is 5.91 Å². The molecule has 5 nitrogen and oxygen atoms in total. The summed E-state index contributed by atoms with van der Waals surface area (Å²) in [5, 5.41) is 12.5. The van der Waals surface area contributed by atoms with Gasteiger partial charge < -0.3 is 10.4 Å². The number of carbonyl (C=O) groups is 1. The van der Waals surface area contributed by atoms with Crippen molar-refractivity contribution >= 4 is 17.5 Å². The Balaban J connectivity index is 2.24. The summed E-state index contributed by atoms with van der Waals surface area (Å²) in [4.78, 5) is 19.9. The van der Waals surface area contributed by atoms with Crippen molar-refractivity contribution in [1.29, 1.82) is 0 Å². The van der Waals surface area contributed by atoms with Crippen LogP contribution in [-0.2, 0) is 5.54 Å². The first-order valence-corrected chi connectivity index (χ1v) is 6.39. The molecule has 0 fully saturated rings. The summed E-state index contributed by atoms with van der Waals surface area (Å²) in [6.45, 7) is 1.49. The van der Waals surface area contributed by atoms with E-state index in [4.69, 9.17) is 11.6 Å². The van der Waals surface area contributed by atoms with Crippen molar-refractivity contribution in [2.45, 2.75) is 12.5 Å². The quantitative estimate of drug-likeness (QED) is 0.900. The van der Waals surface area contributed by atoms with Gasteiger partial charge in [0.1, 0.15) is 10.8 Å². The Hall–Kier alpha value is -1.98. The van der Waals surface area contributed by atoms with E-state index in [1.165, 1.54) is 12.4 Å². The molecule has 20 heavy (non-hydrogen) atoms. The first kappa shape index (κ1) is 14.4. The molecule has 0 bridgehead atoms. The number of nitrogens with one attached hydrogen (secondary N) is 1. The molecule has 0 radical (unpaired) electrons. The number of rotatable bonds is 4. The number of aliphatic hydroxyl groups is 1. The first-order chi connectivity index (χ1) is 9.55. The topological polar surface area (TPSA) is 75.1 Å². The molecule has 0 aliphatic carbocycles. The third-order valence-electron chi connectivity index (χ3n) is 2.95. The number of amides is 1. The van der Waals surface area contributed by atoms with Gasteiger partial charge in [-0.05, 0) is 12.5 Å². The van der Waals surface area contributed by atoms with Crippen LogP contribution in [0.25, 0.3) is 0 Å². The van der Waals surface area contributed by atoms with Crippen molar-refractivity contribution in [3.63, 3.8) is 0 Å². The van der Waals surface area contributed by atoms with Gasteiger partial charge in [0.2, 0.25) is 0 Å². The molecule has 2 aromatic rings. The van der Waals surface area contributed by atoms with Crippen LogP contribution in [0, 0.1) is 0 Å². The van der Waals surface area contributed by atoms with Crippen LogP contribution in [-0.4, -0.2) is 27.6 Å². The normalized spacial score (nSPS) is 13.6. The smallest absolute Gasteiger partial charge is 0.272 e. The Labute approximate surface area is 121 Å². The summed E-state index contributed by atoms with van der Waals surface area (Å²) in [6.07, 6.45) is 2.67. The highest BCUT2D eigenvalue weighted by atomic mass is 35.5. The number of aliphatic hydroxyl groups excluding tert-OH is 1. The lowest BCUT2D eigenvalue weighted by atomic mass is 9.93. The maximum absolute atomic E-state index is 12.2. The summed E-state index contributed by atoms with van der Waals surface area (Å²) < 4.78 is 0. The molecule has 0 saturated carbocycles. The molecule has 104 valence electrons. The van der Waals surface area contributed by atoms with E-state index in [1.54, 1.807) is 6.92 Å². The second-order valence-corrected chi connectivity index (χ2v) is 4.92. The largest absolute Gasteiger partial charge is 0.394 e. The Kier molecular flexibility index (Phi) is 4.32. The lowest BCUT2D eigenvalue weighted by Gasteiger charge is -2.29. The lowest BCUT2D eigenvalue weighted by Crippen LogP contribution is -2.46. The van der Waals surface area contributed by atoms with Crippen molar-refractivity contribution in [2.75, 3.05) is 6.61 Å². The summed E-state index contributed by atoms with van der Waals surface area (Å²) in [6, 6.07) is 9.22. The molecule has 1 heterocycles. The molecule has 0 aliphatic rings. The average Bonchev–Trinajstić information content (AvgIpc) is 2.48. The monoisotopic (exact) mass is 291 g/mol. The molecule has 1 unspecified atom stereocenters. The minimum Gasteiger partial charge on any atom is -0.394 e. The van der Waals surface area contributed by atoms with E-state index in [1.807, 2.05) is 30.3 Å². The number of halogens is 1.